The Bertz CT molecular complexity index is 696. The van der Waals surface area contributed by atoms with E-state index in [2.05, 4.69) is 32.2 Å². The quantitative estimate of drug-likeness (QED) is 0.691. The molecule has 0 aliphatic heterocycles. The van der Waals surface area contributed by atoms with E-state index in [1.165, 1.54) is 0 Å². The zero-order valence-corrected chi connectivity index (χ0v) is 11.1. The van der Waals surface area contributed by atoms with Gasteiger partial charge in [-0.25, -0.2) is 0 Å². The Balaban J connectivity index is 2.39. The molecule has 0 aliphatic rings. The minimum atomic E-state index is 0.993. The summed E-state index contributed by atoms with van der Waals surface area (Å²) >= 11 is 3.50. The van der Waals surface area contributed by atoms with Crippen molar-refractivity contribution in [1.82, 2.24) is 19.6 Å². The molecule has 3 aromatic rings. The molecule has 86 valence electrons. The van der Waals surface area contributed by atoms with Crippen LogP contribution in [0.3, 0.4) is 0 Å². The highest BCUT2D eigenvalue weighted by Crippen LogP contribution is 2.29. The molecule has 0 radical (unpaired) electrons. The van der Waals surface area contributed by atoms with Crippen LogP contribution in [-0.4, -0.2) is 19.6 Å². The fourth-order valence-electron chi connectivity index (χ4n) is 2.08. The number of fused-ring (bicyclic) bond motifs is 1. The van der Waals surface area contributed by atoms with Gasteiger partial charge in [0.15, 0.2) is 0 Å². The second kappa shape index (κ2) is 3.70. The third kappa shape index (κ3) is 1.58. The molecular weight excluding hydrogens is 280 g/mol. The Morgan fingerprint density at radius 3 is 2.65 bits per heavy atom. The van der Waals surface area contributed by atoms with E-state index in [0.717, 1.165) is 26.8 Å². The summed E-state index contributed by atoms with van der Waals surface area (Å²) in [4.78, 5) is 0. The van der Waals surface area contributed by atoms with Crippen LogP contribution in [0.2, 0.25) is 0 Å². The van der Waals surface area contributed by atoms with E-state index in [1.807, 2.05) is 41.7 Å². The van der Waals surface area contributed by atoms with Gasteiger partial charge in [0.1, 0.15) is 0 Å². The van der Waals surface area contributed by atoms with E-state index in [0.29, 0.717) is 0 Å². The van der Waals surface area contributed by atoms with E-state index < -0.39 is 0 Å². The van der Waals surface area contributed by atoms with Gasteiger partial charge in [-0.2, -0.15) is 10.2 Å². The second-order valence-corrected chi connectivity index (χ2v) is 4.89. The molecule has 2 heterocycles. The second-order valence-electron chi connectivity index (χ2n) is 3.97. The average Bonchev–Trinajstić information content (AvgIpc) is 2.81. The lowest BCUT2D eigenvalue weighted by molar-refractivity contribution is 0.743. The van der Waals surface area contributed by atoms with Crippen LogP contribution >= 0.6 is 15.9 Å². The highest BCUT2D eigenvalue weighted by molar-refractivity contribution is 9.10. The Morgan fingerprint density at radius 1 is 1.12 bits per heavy atom. The van der Waals surface area contributed by atoms with Gasteiger partial charge in [-0.1, -0.05) is 15.9 Å². The van der Waals surface area contributed by atoms with Gasteiger partial charge in [0.25, 0.3) is 0 Å². The normalized spacial score (nSPS) is 11.2. The van der Waals surface area contributed by atoms with Crippen LogP contribution in [0.25, 0.3) is 22.3 Å². The first-order valence-electron chi connectivity index (χ1n) is 5.27. The number of aromatic nitrogens is 4. The average molecular weight is 291 g/mol. The third-order valence-electron chi connectivity index (χ3n) is 2.86. The van der Waals surface area contributed by atoms with Crippen LogP contribution in [0, 0.1) is 0 Å². The molecule has 17 heavy (non-hydrogen) atoms. The molecule has 0 amide bonds. The van der Waals surface area contributed by atoms with Crippen molar-refractivity contribution in [3.8, 4) is 11.4 Å². The number of hydrogen-bond donors (Lipinski definition) is 0. The summed E-state index contributed by atoms with van der Waals surface area (Å²) in [6.45, 7) is 0. The zero-order valence-electron chi connectivity index (χ0n) is 9.55. The van der Waals surface area contributed by atoms with E-state index in [4.69, 9.17) is 0 Å². The maximum Gasteiger partial charge on any atom is 0.0939 e. The highest BCUT2D eigenvalue weighted by Gasteiger charge is 2.13. The van der Waals surface area contributed by atoms with Crippen LogP contribution in [0.1, 0.15) is 0 Å². The summed E-state index contributed by atoms with van der Waals surface area (Å²) in [5, 5.41) is 9.84. The Labute approximate surface area is 107 Å². The number of aryl methyl sites for hydroxylation is 2. The monoisotopic (exact) mass is 290 g/mol. The summed E-state index contributed by atoms with van der Waals surface area (Å²) in [6, 6.07) is 8.10. The molecule has 0 bridgehead atoms. The van der Waals surface area contributed by atoms with Crippen LogP contribution < -0.4 is 0 Å². The molecule has 0 fully saturated rings. The van der Waals surface area contributed by atoms with Gasteiger partial charge in [-0.15, -0.1) is 0 Å². The Morgan fingerprint density at radius 2 is 1.94 bits per heavy atom. The van der Waals surface area contributed by atoms with Crippen molar-refractivity contribution >= 4 is 26.8 Å². The summed E-state index contributed by atoms with van der Waals surface area (Å²) in [6.07, 6.45) is 1.80. The predicted octanol–water partition coefficient (Wildman–Crippen LogP) is 2.74. The van der Waals surface area contributed by atoms with Crippen LogP contribution in [-0.2, 0) is 14.1 Å². The lowest BCUT2D eigenvalue weighted by atomic mass is 10.1. The number of rotatable bonds is 1. The van der Waals surface area contributed by atoms with Crippen LogP contribution in [0.4, 0.5) is 0 Å². The summed E-state index contributed by atoms with van der Waals surface area (Å²) < 4.78 is 4.81. The molecule has 5 heteroatoms. The first-order chi connectivity index (χ1) is 8.16. The van der Waals surface area contributed by atoms with Crippen LogP contribution in [0.5, 0.6) is 0 Å². The fraction of sp³-hybridized carbons (Fsp3) is 0.167. The van der Waals surface area contributed by atoms with Crippen molar-refractivity contribution in [3.05, 3.63) is 34.9 Å². The number of nitrogens with zero attached hydrogens (tertiary/aromatic N) is 4. The molecule has 0 spiro atoms. The van der Waals surface area contributed by atoms with Gasteiger partial charge in [0.2, 0.25) is 0 Å². The lowest BCUT2D eigenvalue weighted by Gasteiger charge is -2.03. The zero-order chi connectivity index (χ0) is 12.0. The standard InChI is InChI=1S/C12H11BrN4/c1-16-11(5-6-14-16)12-9-7-8(13)3-4-10(9)15-17(12)2/h3-7H,1-2H3. The van der Waals surface area contributed by atoms with Crippen molar-refractivity contribution in [3.63, 3.8) is 0 Å². The molecule has 0 N–H and O–H groups in total. The third-order valence-corrected chi connectivity index (χ3v) is 3.35. The molecule has 1 aromatic carbocycles. The minimum Gasteiger partial charge on any atom is -0.266 e. The Hall–Kier alpha value is -1.62. The van der Waals surface area contributed by atoms with Crippen molar-refractivity contribution < 1.29 is 0 Å². The summed E-state index contributed by atoms with van der Waals surface area (Å²) in [7, 11) is 3.89. The molecule has 0 saturated heterocycles. The van der Waals surface area contributed by atoms with Crippen molar-refractivity contribution in [2.45, 2.75) is 0 Å². The fourth-order valence-corrected chi connectivity index (χ4v) is 2.44. The van der Waals surface area contributed by atoms with Crippen LogP contribution in [0.15, 0.2) is 34.9 Å². The van der Waals surface area contributed by atoms with E-state index >= 15 is 0 Å². The number of benzene rings is 1. The molecule has 4 nitrogen and oxygen atoms in total. The first kappa shape index (κ1) is 10.5. The maximum atomic E-state index is 4.51. The SMILES string of the molecule is Cn1nccc1-c1c2cc(Br)ccc2nn1C. The van der Waals surface area contributed by atoms with Gasteiger partial charge in [0.05, 0.1) is 16.9 Å². The molecule has 0 saturated carbocycles. The van der Waals surface area contributed by atoms with E-state index in [9.17, 15) is 0 Å². The highest BCUT2D eigenvalue weighted by atomic mass is 79.9. The Kier molecular flexibility index (Phi) is 2.29. The van der Waals surface area contributed by atoms with E-state index in [-0.39, 0.29) is 0 Å². The van der Waals surface area contributed by atoms with Gasteiger partial charge in [-0.3, -0.25) is 9.36 Å². The molecule has 0 unspecified atom stereocenters. The molecule has 2 aromatic heterocycles. The molecule has 0 aliphatic carbocycles. The number of hydrogen-bond acceptors (Lipinski definition) is 2. The smallest absolute Gasteiger partial charge is 0.0939 e. The molecule has 0 atom stereocenters. The summed E-state index contributed by atoms with van der Waals surface area (Å²) in [5.41, 5.74) is 3.14. The lowest BCUT2D eigenvalue weighted by Crippen LogP contribution is -1.99. The summed E-state index contributed by atoms with van der Waals surface area (Å²) in [5.74, 6) is 0. The molecule has 3 rings (SSSR count). The predicted molar refractivity (Wildman–Crippen MR) is 70.6 cm³/mol. The van der Waals surface area contributed by atoms with Crippen molar-refractivity contribution in [2.75, 3.05) is 0 Å². The van der Waals surface area contributed by atoms with Crippen molar-refractivity contribution in [2.24, 2.45) is 14.1 Å². The van der Waals surface area contributed by atoms with Gasteiger partial charge in [-0.05, 0) is 24.3 Å². The van der Waals surface area contributed by atoms with Crippen molar-refractivity contribution in [1.29, 1.82) is 0 Å². The maximum absolute atomic E-state index is 4.51. The van der Waals surface area contributed by atoms with Gasteiger partial charge in [0, 0.05) is 30.2 Å². The number of halogens is 1. The van der Waals surface area contributed by atoms with E-state index in [1.54, 1.807) is 6.20 Å². The van der Waals surface area contributed by atoms with Gasteiger partial charge < -0.3 is 0 Å². The molecular formula is C12H11BrN4. The minimum absolute atomic E-state index is 0.993. The largest absolute Gasteiger partial charge is 0.266 e. The topological polar surface area (TPSA) is 35.6 Å². The van der Waals surface area contributed by atoms with Gasteiger partial charge >= 0.3 is 0 Å². The first-order valence-corrected chi connectivity index (χ1v) is 6.07.